The van der Waals surface area contributed by atoms with Gasteiger partial charge in [0.05, 0.1) is 12.1 Å². The van der Waals surface area contributed by atoms with Crippen molar-refractivity contribution in [3.63, 3.8) is 0 Å². The highest BCUT2D eigenvalue weighted by Gasteiger charge is 2.23. The molecule has 0 bridgehead atoms. The van der Waals surface area contributed by atoms with Gasteiger partial charge < -0.3 is 16.2 Å². The minimum atomic E-state index is -0.456. The molecule has 0 aromatic carbocycles. The van der Waals surface area contributed by atoms with Gasteiger partial charge in [-0.2, -0.15) is 0 Å². The first kappa shape index (κ1) is 19.0. The van der Waals surface area contributed by atoms with Crippen LogP contribution in [0, 0.1) is 11.3 Å². The number of amides is 1. The molecule has 0 spiro atoms. The van der Waals surface area contributed by atoms with E-state index < -0.39 is 6.04 Å². The van der Waals surface area contributed by atoms with Gasteiger partial charge in [-0.05, 0) is 24.7 Å². The number of nitrogens with one attached hydrogen (secondary N) is 1. The Labute approximate surface area is 111 Å². The van der Waals surface area contributed by atoms with Crippen LogP contribution < -0.4 is 11.1 Å². The Morgan fingerprint density at radius 1 is 1.35 bits per heavy atom. The molecule has 0 saturated carbocycles. The van der Waals surface area contributed by atoms with Crippen molar-refractivity contribution in [3.05, 3.63) is 0 Å². The van der Waals surface area contributed by atoms with Gasteiger partial charge in [0.1, 0.15) is 0 Å². The number of carbonyl (C=O) groups excluding carboxylic acids is 1. The largest absolute Gasteiger partial charge is 0.393 e. The molecule has 17 heavy (non-hydrogen) atoms. The van der Waals surface area contributed by atoms with Crippen molar-refractivity contribution in [1.82, 2.24) is 5.32 Å². The number of aliphatic hydroxyl groups excluding tert-OH is 1. The monoisotopic (exact) mass is 266 g/mol. The number of halogens is 1. The van der Waals surface area contributed by atoms with Crippen LogP contribution >= 0.6 is 12.4 Å². The average Bonchev–Trinajstić information content (AvgIpc) is 2.10. The minimum Gasteiger partial charge on any atom is -0.393 e. The summed E-state index contributed by atoms with van der Waals surface area (Å²) in [5.41, 5.74) is 5.62. The van der Waals surface area contributed by atoms with E-state index in [1.54, 1.807) is 6.92 Å². The van der Waals surface area contributed by atoms with E-state index in [1.165, 1.54) is 0 Å². The quantitative estimate of drug-likeness (QED) is 0.678. The Kier molecular flexibility index (Phi) is 8.84. The molecule has 4 N–H and O–H groups in total. The second-order valence-electron chi connectivity index (χ2n) is 5.70. The maximum atomic E-state index is 11.6. The van der Waals surface area contributed by atoms with Crippen LogP contribution in [0.5, 0.6) is 0 Å². The average molecular weight is 267 g/mol. The van der Waals surface area contributed by atoms with Gasteiger partial charge in [0.15, 0.2) is 0 Å². The molecule has 0 fully saturated rings. The van der Waals surface area contributed by atoms with E-state index in [9.17, 15) is 9.90 Å². The van der Waals surface area contributed by atoms with Crippen molar-refractivity contribution in [2.45, 2.75) is 53.2 Å². The summed E-state index contributed by atoms with van der Waals surface area (Å²) < 4.78 is 0. The SMILES string of the molecule is CC(O)CC(C)(C)CNC(=O)[C@@H](N)C(C)C.Cl. The van der Waals surface area contributed by atoms with Gasteiger partial charge in [0, 0.05) is 6.54 Å². The predicted octanol–water partition coefficient (Wildman–Crippen LogP) is 1.30. The van der Waals surface area contributed by atoms with Crippen LogP contribution in [0.3, 0.4) is 0 Å². The summed E-state index contributed by atoms with van der Waals surface area (Å²) in [6.45, 7) is 10.2. The molecule has 0 rings (SSSR count). The van der Waals surface area contributed by atoms with Crippen LogP contribution in [0.4, 0.5) is 0 Å². The lowest BCUT2D eigenvalue weighted by atomic mass is 9.87. The van der Waals surface area contributed by atoms with Gasteiger partial charge >= 0.3 is 0 Å². The molecule has 104 valence electrons. The molecule has 0 aromatic rings. The third kappa shape index (κ3) is 8.41. The maximum absolute atomic E-state index is 11.6. The molecule has 0 aromatic heterocycles. The van der Waals surface area contributed by atoms with Gasteiger partial charge in [-0.25, -0.2) is 0 Å². The molecule has 0 saturated heterocycles. The van der Waals surface area contributed by atoms with Crippen molar-refractivity contribution in [2.75, 3.05) is 6.54 Å². The first-order chi connectivity index (χ1) is 7.15. The van der Waals surface area contributed by atoms with Gasteiger partial charge in [-0.15, -0.1) is 12.4 Å². The Morgan fingerprint density at radius 3 is 2.18 bits per heavy atom. The lowest BCUT2D eigenvalue weighted by Gasteiger charge is -2.27. The molecule has 0 aliphatic heterocycles. The van der Waals surface area contributed by atoms with E-state index in [0.29, 0.717) is 13.0 Å². The maximum Gasteiger partial charge on any atom is 0.237 e. The predicted molar refractivity (Wildman–Crippen MR) is 73.1 cm³/mol. The molecular weight excluding hydrogens is 240 g/mol. The third-order valence-corrected chi connectivity index (χ3v) is 2.61. The van der Waals surface area contributed by atoms with Gasteiger partial charge in [-0.3, -0.25) is 4.79 Å². The van der Waals surface area contributed by atoms with Crippen LogP contribution in [-0.4, -0.2) is 29.7 Å². The molecule has 0 aliphatic rings. The Hall–Kier alpha value is -0.320. The van der Waals surface area contributed by atoms with Crippen molar-refractivity contribution < 1.29 is 9.90 Å². The van der Waals surface area contributed by atoms with Gasteiger partial charge in [0.2, 0.25) is 5.91 Å². The number of hydrogen-bond donors (Lipinski definition) is 3. The third-order valence-electron chi connectivity index (χ3n) is 2.61. The second-order valence-corrected chi connectivity index (χ2v) is 5.70. The number of rotatable bonds is 6. The van der Waals surface area contributed by atoms with E-state index in [4.69, 9.17) is 5.73 Å². The molecule has 2 atom stereocenters. The normalized spacial score (nSPS) is 15.1. The zero-order valence-corrected chi connectivity index (χ0v) is 12.3. The highest BCUT2D eigenvalue weighted by atomic mass is 35.5. The fourth-order valence-electron chi connectivity index (χ4n) is 1.62. The zero-order chi connectivity index (χ0) is 12.9. The van der Waals surface area contributed by atoms with E-state index in [-0.39, 0.29) is 35.8 Å². The molecule has 0 heterocycles. The number of nitrogens with two attached hydrogens (primary N) is 1. The Balaban J connectivity index is 0. The van der Waals surface area contributed by atoms with Crippen LogP contribution in [0.25, 0.3) is 0 Å². The molecular formula is C12H27ClN2O2. The van der Waals surface area contributed by atoms with Crippen molar-refractivity contribution >= 4 is 18.3 Å². The smallest absolute Gasteiger partial charge is 0.237 e. The lowest BCUT2D eigenvalue weighted by Crippen LogP contribution is -2.47. The summed E-state index contributed by atoms with van der Waals surface area (Å²) in [4.78, 5) is 11.6. The Bertz CT molecular complexity index is 231. The summed E-state index contributed by atoms with van der Waals surface area (Å²) in [7, 11) is 0. The fraction of sp³-hybridized carbons (Fsp3) is 0.917. The molecule has 5 heteroatoms. The van der Waals surface area contributed by atoms with E-state index in [2.05, 4.69) is 5.32 Å². The number of hydrogen-bond acceptors (Lipinski definition) is 3. The summed E-state index contributed by atoms with van der Waals surface area (Å²) in [6, 6.07) is -0.456. The van der Waals surface area contributed by atoms with Crippen molar-refractivity contribution in [2.24, 2.45) is 17.1 Å². The molecule has 0 radical (unpaired) electrons. The van der Waals surface area contributed by atoms with Crippen LogP contribution in [0.1, 0.15) is 41.0 Å². The summed E-state index contributed by atoms with van der Waals surface area (Å²) in [5, 5.41) is 12.1. The molecule has 0 aliphatic carbocycles. The minimum absolute atomic E-state index is 0. The van der Waals surface area contributed by atoms with Crippen LogP contribution in [0.15, 0.2) is 0 Å². The molecule has 1 unspecified atom stereocenters. The van der Waals surface area contributed by atoms with E-state index in [1.807, 2.05) is 27.7 Å². The van der Waals surface area contributed by atoms with Gasteiger partial charge in [-0.1, -0.05) is 27.7 Å². The zero-order valence-electron chi connectivity index (χ0n) is 11.5. The first-order valence-electron chi connectivity index (χ1n) is 5.87. The number of carbonyl (C=O) groups is 1. The fourth-order valence-corrected chi connectivity index (χ4v) is 1.62. The first-order valence-corrected chi connectivity index (χ1v) is 5.87. The van der Waals surface area contributed by atoms with Gasteiger partial charge in [0.25, 0.3) is 0 Å². The Morgan fingerprint density at radius 2 is 1.82 bits per heavy atom. The van der Waals surface area contributed by atoms with Crippen LogP contribution in [0.2, 0.25) is 0 Å². The standard InChI is InChI=1S/C12H26N2O2.ClH/c1-8(2)10(13)11(16)14-7-12(4,5)6-9(3)15;/h8-10,15H,6-7,13H2,1-5H3,(H,14,16);1H/t9?,10-;/m0./s1. The second kappa shape index (κ2) is 7.90. The van der Waals surface area contributed by atoms with E-state index in [0.717, 1.165) is 0 Å². The summed E-state index contributed by atoms with van der Waals surface area (Å²) in [5.74, 6) is 0.0218. The number of aliphatic hydroxyl groups is 1. The van der Waals surface area contributed by atoms with Crippen molar-refractivity contribution in [3.8, 4) is 0 Å². The van der Waals surface area contributed by atoms with Crippen molar-refractivity contribution in [1.29, 1.82) is 0 Å². The highest BCUT2D eigenvalue weighted by Crippen LogP contribution is 2.21. The van der Waals surface area contributed by atoms with E-state index >= 15 is 0 Å². The molecule has 1 amide bonds. The lowest BCUT2D eigenvalue weighted by molar-refractivity contribution is -0.123. The topological polar surface area (TPSA) is 75.3 Å². The summed E-state index contributed by atoms with van der Waals surface area (Å²) >= 11 is 0. The highest BCUT2D eigenvalue weighted by molar-refractivity contribution is 5.85. The molecule has 4 nitrogen and oxygen atoms in total. The summed E-state index contributed by atoms with van der Waals surface area (Å²) in [6.07, 6.45) is 0.301. The van der Waals surface area contributed by atoms with Crippen LogP contribution in [-0.2, 0) is 4.79 Å².